The highest BCUT2D eigenvalue weighted by Crippen LogP contribution is 2.27. The molecule has 1 N–H and O–H groups in total. The van der Waals surface area contributed by atoms with Gasteiger partial charge in [-0.2, -0.15) is 5.10 Å². The molecule has 2 aromatic rings. The average Bonchev–Trinajstić information content (AvgIpc) is 2.84. The number of aryl methyl sites for hydroxylation is 2. The first-order valence-corrected chi connectivity index (χ1v) is 5.90. The maximum absolute atomic E-state index is 6.19. The van der Waals surface area contributed by atoms with E-state index >= 15 is 0 Å². The van der Waals surface area contributed by atoms with E-state index in [4.69, 9.17) is 11.6 Å². The van der Waals surface area contributed by atoms with Crippen molar-refractivity contribution in [2.24, 2.45) is 14.1 Å². The van der Waals surface area contributed by atoms with Crippen LogP contribution in [0.15, 0.2) is 18.7 Å². The summed E-state index contributed by atoms with van der Waals surface area (Å²) in [4.78, 5) is 4.14. The van der Waals surface area contributed by atoms with Crippen LogP contribution in [0, 0.1) is 0 Å². The summed E-state index contributed by atoms with van der Waals surface area (Å²) < 4.78 is 3.78. The number of rotatable bonds is 4. The van der Waals surface area contributed by atoms with Gasteiger partial charge in [-0.15, -0.1) is 0 Å². The van der Waals surface area contributed by atoms with Gasteiger partial charge in [0, 0.05) is 14.1 Å². The molecule has 1 atom stereocenters. The van der Waals surface area contributed by atoms with Gasteiger partial charge >= 0.3 is 0 Å². The Morgan fingerprint density at radius 1 is 1.41 bits per heavy atom. The van der Waals surface area contributed by atoms with Gasteiger partial charge in [0.1, 0.15) is 0 Å². The van der Waals surface area contributed by atoms with Gasteiger partial charge in [0.15, 0.2) is 0 Å². The van der Waals surface area contributed by atoms with Gasteiger partial charge in [-0.1, -0.05) is 18.5 Å². The zero-order valence-corrected chi connectivity index (χ0v) is 10.9. The first-order chi connectivity index (χ1) is 8.15. The summed E-state index contributed by atoms with van der Waals surface area (Å²) in [5.74, 6) is 0. The van der Waals surface area contributed by atoms with Gasteiger partial charge in [-0.05, 0) is 6.54 Å². The van der Waals surface area contributed by atoms with E-state index < -0.39 is 0 Å². The lowest BCUT2D eigenvalue weighted by Gasteiger charge is -2.19. The van der Waals surface area contributed by atoms with Crippen LogP contribution in [-0.4, -0.2) is 25.9 Å². The van der Waals surface area contributed by atoms with Crippen molar-refractivity contribution in [3.05, 3.63) is 35.1 Å². The number of imidazole rings is 1. The average molecular weight is 254 g/mol. The highest BCUT2D eigenvalue weighted by atomic mass is 35.5. The number of aromatic nitrogens is 4. The molecule has 6 heteroatoms. The zero-order valence-electron chi connectivity index (χ0n) is 10.2. The lowest BCUT2D eigenvalue weighted by molar-refractivity contribution is 0.547. The third kappa shape index (κ3) is 2.21. The third-order valence-electron chi connectivity index (χ3n) is 2.77. The maximum atomic E-state index is 6.19. The summed E-state index contributed by atoms with van der Waals surface area (Å²) in [7, 11) is 3.86. The summed E-state index contributed by atoms with van der Waals surface area (Å²) in [5.41, 5.74) is 2.02. The predicted molar refractivity (Wildman–Crippen MR) is 66.9 cm³/mol. The molecule has 0 saturated heterocycles. The van der Waals surface area contributed by atoms with Crippen LogP contribution in [0.3, 0.4) is 0 Å². The van der Waals surface area contributed by atoms with Crippen LogP contribution in [0.2, 0.25) is 5.02 Å². The predicted octanol–water partition coefficient (Wildman–Crippen LogP) is 1.51. The monoisotopic (exact) mass is 253 g/mol. The molecule has 0 aliphatic heterocycles. The second-order valence-corrected chi connectivity index (χ2v) is 4.33. The quantitative estimate of drug-likeness (QED) is 0.899. The van der Waals surface area contributed by atoms with E-state index in [0.717, 1.165) is 17.9 Å². The van der Waals surface area contributed by atoms with Gasteiger partial charge in [0.2, 0.25) is 0 Å². The third-order valence-corrected chi connectivity index (χ3v) is 3.06. The Morgan fingerprint density at radius 3 is 2.65 bits per heavy atom. The van der Waals surface area contributed by atoms with Crippen molar-refractivity contribution in [3.8, 4) is 0 Å². The maximum Gasteiger partial charge on any atom is 0.0946 e. The molecule has 0 fully saturated rings. The van der Waals surface area contributed by atoms with E-state index in [1.807, 2.05) is 24.9 Å². The van der Waals surface area contributed by atoms with Crippen LogP contribution in [0.4, 0.5) is 0 Å². The minimum absolute atomic E-state index is 0.00694. The molecule has 1 unspecified atom stereocenters. The van der Waals surface area contributed by atoms with Crippen molar-refractivity contribution < 1.29 is 0 Å². The summed E-state index contributed by atoms with van der Waals surface area (Å²) in [6.45, 7) is 2.91. The van der Waals surface area contributed by atoms with Crippen molar-refractivity contribution >= 4 is 11.6 Å². The van der Waals surface area contributed by atoms with Crippen LogP contribution in [0.1, 0.15) is 24.4 Å². The SMILES string of the molecule is CCNC(c1cncn1C)c1c(Cl)cnn1C. The molecule has 0 aromatic carbocycles. The van der Waals surface area contributed by atoms with E-state index in [9.17, 15) is 0 Å². The fourth-order valence-corrected chi connectivity index (χ4v) is 2.21. The summed E-state index contributed by atoms with van der Waals surface area (Å²) in [6.07, 6.45) is 5.29. The molecular weight excluding hydrogens is 238 g/mol. The summed E-state index contributed by atoms with van der Waals surface area (Å²) in [5, 5.41) is 8.24. The molecule has 0 spiro atoms. The molecule has 92 valence electrons. The van der Waals surface area contributed by atoms with E-state index in [2.05, 4.69) is 22.3 Å². The van der Waals surface area contributed by atoms with Gasteiger partial charge in [0.25, 0.3) is 0 Å². The first-order valence-electron chi connectivity index (χ1n) is 5.52. The lowest BCUT2D eigenvalue weighted by Crippen LogP contribution is -2.26. The molecule has 0 amide bonds. The van der Waals surface area contributed by atoms with Crippen molar-refractivity contribution in [1.82, 2.24) is 24.6 Å². The van der Waals surface area contributed by atoms with Crippen LogP contribution in [0.25, 0.3) is 0 Å². The topological polar surface area (TPSA) is 47.7 Å². The molecule has 2 aromatic heterocycles. The van der Waals surface area contributed by atoms with Gasteiger partial charge in [0.05, 0.1) is 41.2 Å². The Bertz CT molecular complexity index is 482. The summed E-state index contributed by atoms with van der Waals surface area (Å²) in [6, 6.07) is 0.00694. The van der Waals surface area contributed by atoms with Crippen molar-refractivity contribution in [3.63, 3.8) is 0 Å². The number of hydrogen-bond acceptors (Lipinski definition) is 3. The van der Waals surface area contributed by atoms with E-state index in [1.54, 1.807) is 17.2 Å². The van der Waals surface area contributed by atoms with Crippen LogP contribution in [0.5, 0.6) is 0 Å². The molecular formula is C11H16ClN5. The minimum Gasteiger partial charge on any atom is -0.336 e. The van der Waals surface area contributed by atoms with E-state index in [-0.39, 0.29) is 6.04 Å². The molecule has 0 radical (unpaired) electrons. The van der Waals surface area contributed by atoms with E-state index in [1.165, 1.54) is 0 Å². The molecule has 0 aliphatic carbocycles. The van der Waals surface area contributed by atoms with Gasteiger partial charge in [-0.25, -0.2) is 4.98 Å². The molecule has 0 saturated carbocycles. The fraction of sp³-hybridized carbons (Fsp3) is 0.455. The second kappa shape index (κ2) is 4.89. The zero-order chi connectivity index (χ0) is 12.4. The standard InChI is InChI=1S/C11H16ClN5/c1-4-14-10(9-6-13-7-16(9)2)11-8(12)5-15-17(11)3/h5-7,10,14H,4H2,1-3H3. The largest absolute Gasteiger partial charge is 0.336 e. The summed E-state index contributed by atoms with van der Waals surface area (Å²) >= 11 is 6.19. The molecule has 17 heavy (non-hydrogen) atoms. The Morgan fingerprint density at radius 2 is 2.18 bits per heavy atom. The van der Waals surface area contributed by atoms with Crippen LogP contribution < -0.4 is 5.32 Å². The molecule has 0 aliphatic rings. The van der Waals surface area contributed by atoms with E-state index in [0.29, 0.717) is 5.02 Å². The lowest BCUT2D eigenvalue weighted by atomic mass is 10.1. The molecule has 0 bridgehead atoms. The minimum atomic E-state index is 0.00694. The normalized spacial score (nSPS) is 12.9. The van der Waals surface area contributed by atoms with Crippen LogP contribution in [-0.2, 0) is 14.1 Å². The Balaban J connectivity index is 2.46. The second-order valence-electron chi connectivity index (χ2n) is 3.92. The van der Waals surface area contributed by atoms with Crippen molar-refractivity contribution in [2.75, 3.05) is 6.54 Å². The Kier molecular flexibility index (Phi) is 3.49. The fourth-order valence-electron chi connectivity index (χ4n) is 1.94. The van der Waals surface area contributed by atoms with Gasteiger partial charge in [-0.3, -0.25) is 4.68 Å². The Hall–Kier alpha value is -1.33. The van der Waals surface area contributed by atoms with Gasteiger partial charge < -0.3 is 9.88 Å². The highest BCUT2D eigenvalue weighted by Gasteiger charge is 2.22. The molecule has 2 heterocycles. The smallest absolute Gasteiger partial charge is 0.0946 e. The van der Waals surface area contributed by atoms with Crippen LogP contribution >= 0.6 is 11.6 Å². The highest BCUT2D eigenvalue weighted by molar-refractivity contribution is 6.31. The number of nitrogens with zero attached hydrogens (tertiary/aromatic N) is 4. The Labute approximate surface area is 105 Å². The number of hydrogen-bond donors (Lipinski definition) is 1. The van der Waals surface area contributed by atoms with Crippen molar-refractivity contribution in [1.29, 1.82) is 0 Å². The first kappa shape index (κ1) is 12.1. The molecule has 2 rings (SSSR count). The number of halogens is 1. The number of nitrogens with one attached hydrogen (secondary N) is 1. The molecule has 5 nitrogen and oxygen atoms in total. The van der Waals surface area contributed by atoms with Crippen molar-refractivity contribution in [2.45, 2.75) is 13.0 Å².